The average Bonchev–Trinajstić information content (AvgIpc) is 2.66. The Labute approximate surface area is 91.9 Å². The van der Waals surface area contributed by atoms with Gasteiger partial charge in [0, 0.05) is 6.04 Å². The molecule has 1 atom stereocenters. The highest BCUT2D eigenvalue weighted by Gasteiger charge is 2.20. The van der Waals surface area contributed by atoms with Crippen molar-refractivity contribution >= 4 is 0 Å². The van der Waals surface area contributed by atoms with Crippen molar-refractivity contribution in [3.05, 3.63) is 35.9 Å². The van der Waals surface area contributed by atoms with Gasteiger partial charge in [0.1, 0.15) is 0 Å². The molecule has 1 aromatic carbocycles. The third-order valence-corrected chi connectivity index (χ3v) is 3.09. The highest BCUT2D eigenvalue weighted by atomic mass is 16.5. The topological polar surface area (TPSA) is 12.5 Å². The van der Waals surface area contributed by atoms with E-state index in [-0.39, 0.29) is 0 Å². The predicted molar refractivity (Wildman–Crippen MR) is 61.8 cm³/mol. The van der Waals surface area contributed by atoms with Gasteiger partial charge in [-0.05, 0) is 32.0 Å². The van der Waals surface area contributed by atoms with Gasteiger partial charge in [0.15, 0.2) is 0 Å². The Balaban J connectivity index is 1.71. The van der Waals surface area contributed by atoms with Gasteiger partial charge in [-0.3, -0.25) is 0 Å². The summed E-state index contributed by atoms with van der Waals surface area (Å²) in [5.41, 5.74) is 1.26. The van der Waals surface area contributed by atoms with Gasteiger partial charge in [-0.1, -0.05) is 30.3 Å². The third-order valence-electron chi connectivity index (χ3n) is 3.09. The quantitative estimate of drug-likeness (QED) is 0.748. The number of likely N-dealkylation sites (N-methyl/N-ethyl adjacent to an activating group) is 1. The van der Waals surface area contributed by atoms with Gasteiger partial charge in [-0.25, -0.2) is 0 Å². The Morgan fingerprint density at radius 2 is 2.13 bits per heavy atom. The van der Waals surface area contributed by atoms with Gasteiger partial charge in [-0.2, -0.15) is 0 Å². The van der Waals surface area contributed by atoms with E-state index < -0.39 is 0 Å². The Morgan fingerprint density at radius 1 is 1.33 bits per heavy atom. The minimum absolute atomic E-state index is 0.633. The molecule has 0 bridgehead atoms. The fourth-order valence-electron chi connectivity index (χ4n) is 2.08. The zero-order chi connectivity index (χ0) is 10.5. The second-order valence-corrected chi connectivity index (χ2v) is 4.28. The molecule has 1 fully saturated rings. The van der Waals surface area contributed by atoms with Crippen LogP contribution in [0.1, 0.15) is 18.4 Å². The fraction of sp³-hybridized carbons (Fsp3) is 0.538. The Hall–Kier alpha value is -0.860. The minimum atomic E-state index is 0.633. The van der Waals surface area contributed by atoms with Crippen LogP contribution < -0.4 is 0 Å². The molecule has 0 spiro atoms. The van der Waals surface area contributed by atoms with Crippen molar-refractivity contribution in [3.63, 3.8) is 0 Å². The summed E-state index contributed by atoms with van der Waals surface area (Å²) in [7, 11) is 2.18. The number of nitrogens with zero attached hydrogens (tertiary/aromatic N) is 1. The summed E-state index contributed by atoms with van der Waals surface area (Å²) in [6, 6.07) is 11.0. The standard InChI is InChI=1S/C13H19NO/c1-14-9-5-8-13(14)11-15-10-12-6-3-2-4-7-12/h2-4,6-7,13H,5,8-11H2,1H3/t13-/m1/s1. The van der Waals surface area contributed by atoms with E-state index in [1.54, 1.807) is 0 Å². The van der Waals surface area contributed by atoms with Crippen molar-refractivity contribution in [2.75, 3.05) is 20.2 Å². The van der Waals surface area contributed by atoms with Crippen molar-refractivity contribution in [2.45, 2.75) is 25.5 Å². The lowest BCUT2D eigenvalue weighted by molar-refractivity contribution is 0.0749. The summed E-state index contributed by atoms with van der Waals surface area (Å²) in [5.74, 6) is 0. The summed E-state index contributed by atoms with van der Waals surface area (Å²) in [6.07, 6.45) is 2.60. The first-order valence-corrected chi connectivity index (χ1v) is 5.68. The van der Waals surface area contributed by atoms with Gasteiger partial charge < -0.3 is 9.64 Å². The lowest BCUT2D eigenvalue weighted by Gasteiger charge is -2.19. The Morgan fingerprint density at radius 3 is 2.80 bits per heavy atom. The zero-order valence-corrected chi connectivity index (χ0v) is 9.36. The van der Waals surface area contributed by atoms with Crippen molar-refractivity contribution in [3.8, 4) is 0 Å². The van der Waals surface area contributed by atoms with Crippen LogP contribution in [0.25, 0.3) is 0 Å². The van der Waals surface area contributed by atoms with Crippen molar-refractivity contribution in [1.29, 1.82) is 0 Å². The second-order valence-electron chi connectivity index (χ2n) is 4.28. The fourth-order valence-corrected chi connectivity index (χ4v) is 2.08. The molecular weight excluding hydrogens is 186 g/mol. The largest absolute Gasteiger partial charge is 0.375 e. The van der Waals surface area contributed by atoms with E-state index in [9.17, 15) is 0 Å². The number of hydrogen-bond acceptors (Lipinski definition) is 2. The minimum Gasteiger partial charge on any atom is -0.375 e. The molecule has 15 heavy (non-hydrogen) atoms. The lowest BCUT2D eigenvalue weighted by atomic mass is 10.2. The predicted octanol–water partition coefficient (Wildman–Crippen LogP) is 2.30. The van der Waals surface area contributed by atoms with Crippen LogP contribution in [0.4, 0.5) is 0 Å². The molecule has 0 amide bonds. The van der Waals surface area contributed by atoms with Crippen molar-refractivity contribution in [1.82, 2.24) is 4.90 Å². The summed E-state index contributed by atoms with van der Waals surface area (Å²) in [6.45, 7) is 2.83. The number of likely N-dealkylation sites (tertiary alicyclic amines) is 1. The van der Waals surface area contributed by atoms with E-state index in [4.69, 9.17) is 4.74 Å². The Kier molecular flexibility index (Phi) is 3.75. The summed E-state index contributed by atoms with van der Waals surface area (Å²) >= 11 is 0. The van der Waals surface area contributed by atoms with Crippen LogP contribution in [-0.4, -0.2) is 31.1 Å². The zero-order valence-electron chi connectivity index (χ0n) is 9.36. The summed E-state index contributed by atoms with van der Waals surface area (Å²) in [5, 5.41) is 0. The third kappa shape index (κ3) is 3.05. The van der Waals surface area contributed by atoms with Crippen LogP contribution in [-0.2, 0) is 11.3 Å². The lowest BCUT2D eigenvalue weighted by Crippen LogP contribution is -2.29. The molecule has 2 heteroatoms. The van der Waals surface area contributed by atoms with Crippen molar-refractivity contribution < 1.29 is 4.74 Å². The smallest absolute Gasteiger partial charge is 0.0717 e. The Bertz CT molecular complexity index is 286. The first-order chi connectivity index (χ1) is 7.36. The van der Waals surface area contributed by atoms with E-state index in [1.807, 2.05) is 6.07 Å². The first kappa shape index (κ1) is 10.7. The van der Waals surface area contributed by atoms with Crippen LogP contribution in [0.3, 0.4) is 0 Å². The van der Waals surface area contributed by atoms with E-state index in [0.29, 0.717) is 6.04 Å². The van der Waals surface area contributed by atoms with Gasteiger partial charge in [0.25, 0.3) is 0 Å². The van der Waals surface area contributed by atoms with Crippen LogP contribution >= 0.6 is 0 Å². The SMILES string of the molecule is CN1CCC[C@@H]1COCc1ccccc1. The number of hydrogen-bond donors (Lipinski definition) is 0. The van der Waals surface area contributed by atoms with Crippen LogP contribution in [0, 0.1) is 0 Å². The van der Waals surface area contributed by atoms with Gasteiger partial charge in [0.2, 0.25) is 0 Å². The molecule has 1 aliphatic heterocycles. The molecule has 82 valence electrons. The number of benzene rings is 1. The van der Waals surface area contributed by atoms with Crippen LogP contribution in [0.15, 0.2) is 30.3 Å². The maximum Gasteiger partial charge on any atom is 0.0717 e. The summed E-state index contributed by atoms with van der Waals surface area (Å²) in [4.78, 5) is 2.39. The van der Waals surface area contributed by atoms with Gasteiger partial charge >= 0.3 is 0 Å². The normalized spacial score (nSPS) is 22.1. The monoisotopic (exact) mass is 205 g/mol. The molecule has 0 N–H and O–H groups in total. The molecule has 0 radical (unpaired) electrons. The molecular formula is C13H19NO. The van der Waals surface area contributed by atoms with E-state index in [0.717, 1.165) is 13.2 Å². The molecule has 2 rings (SSSR count). The molecule has 0 aliphatic carbocycles. The molecule has 0 aromatic heterocycles. The van der Waals surface area contributed by atoms with Crippen LogP contribution in [0.5, 0.6) is 0 Å². The maximum atomic E-state index is 5.73. The first-order valence-electron chi connectivity index (χ1n) is 5.68. The van der Waals surface area contributed by atoms with E-state index in [2.05, 4.69) is 36.2 Å². The molecule has 1 heterocycles. The van der Waals surface area contributed by atoms with E-state index in [1.165, 1.54) is 24.9 Å². The molecule has 1 aliphatic rings. The van der Waals surface area contributed by atoms with Gasteiger partial charge in [-0.15, -0.1) is 0 Å². The maximum absolute atomic E-state index is 5.73. The van der Waals surface area contributed by atoms with E-state index >= 15 is 0 Å². The average molecular weight is 205 g/mol. The molecule has 1 saturated heterocycles. The number of ether oxygens (including phenoxy) is 1. The van der Waals surface area contributed by atoms with Crippen LogP contribution in [0.2, 0.25) is 0 Å². The highest BCUT2D eigenvalue weighted by molar-refractivity contribution is 5.13. The molecule has 2 nitrogen and oxygen atoms in total. The molecule has 0 saturated carbocycles. The van der Waals surface area contributed by atoms with Gasteiger partial charge in [0.05, 0.1) is 13.2 Å². The molecule has 0 unspecified atom stereocenters. The molecule has 1 aromatic rings. The highest BCUT2D eigenvalue weighted by Crippen LogP contribution is 2.15. The summed E-state index contributed by atoms with van der Waals surface area (Å²) < 4.78 is 5.73. The second kappa shape index (κ2) is 5.29. The van der Waals surface area contributed by atoms with Crippen molar-refractivity contribution in [2.24, 2.45) is 0 Å². The number of rotatable bonds is 4.